The number of amides is 1. The Hall–Kier alpha value is -1.52. The van der Waals surface area contributed by atoms with Crippen LogP contribution in [0.5, 0.6) is 0 Å². The standard InChI is InChI=1S/C19H23NO2S/c1-23-12-9-19(21)20-10-11-22-17(14-20)13-16-7-4-6-15-5-2-3-8-18(15)16/h2-8,17H,9-14H2,1H3. The third-order valence-electron chi connectivity index (χ3n) is 4.34. The van der Waals surface area contributed by atoms with Gasteiger partial charge in [0.15, 0.2) is 0 Å². The highest BCUT2D eigenvalue weighted by Gasteiger charge is 2.24. The predicted octanol–water partition coefficient (Wildman–Crippen LogP) is 3.36. The Bertz CT molecular complexity index is 668. The maximum atomic E-state index is 12.2. The Morgan fingerprint density at radius 3 is 2.96 bits per heavy atom. The lowest BCUT2D eigenvalue weighted by Crippen LogP contribution is -2.46. The number of thioether (sulfide) groups is 1. The van der Waals surface area contributed by atoms with Gasteiger partial charge in [-0.1, -0.05) is 42.5 Å². The maximum Gasteiger partial charge on any atom is 0.223 e. The minimum Gasteiger partial charge on any atom is -0.374 e. The van der Waals surface area contributed by atoms with Gasteiger partial charge in [0.25, 0.3) is 0 Å². The van der Waals surface area contributed by atoms with Crippen LogP contribution >= 0.6 is 11.8 Å². The van der Waals surface area contributed by atoms with Gasteiger partial charge in [-0.3, -0.25) is 4.79 Å². The minimum absolute atomic E-state index is 0.0905. The van der Waals surface area contributed by atoms with E-state index in [4.69, 9.17) is 4.74 Å². The Morgan fingerprint density at radius 2 is 2.09 bits per heavy atom. The third-order valence-corrected chi connectivity index (χ3v) is 4.95. The molecule has 1 atom stereocenters. The molecule has 1 fully saturated rings. The molecule has 0 bridgehead atoms. The fraction of sp³-hybridized carbons (Fsp3) is 0.421. The van der Waals surface area contributed by atoms with Crippen LogP contribution in [0.15, 0.2) is 42.5 Å². The molecule has 0 aliphatic carbocycles. The van der Waals surface area contributed by atoms with Gasteiger partial charge in [-0.15, -0.1) is 0 Å². The molecule has 4 heteroatoms. The number of carbonyl (C=O) groups is 1. The fourth-order valence-corrected chi connectivity index (χ4v) is 3.51. The van der Waals surface area contributed by atoms with Crippen molar-refractivity contribution in [3.8, 4) is 0 Å². The summed E-state index contributed by atoms with van der Waals surface area (Å²) in [6.45, 7) is 2.07. The van der Waals surface area contributed by atoms with Crippen LogP contribution in [0.2, 0.25) is 0 Å². The molecule has 0 spiro atoms. The van der Waals surface area contributed by atoms with Crippen LogP contribution in [-0.4, -0.2) is 48.6 Å². The lowest BCUT2D eigenvalue weighted by Gasteiger charge is -2.33. The van der Waals surface area contributed by atoms with E-state index in [2.05, 4.69) is 42.5 Å². The zero-order valence-corrected chi connectivity index (χ0v) is 14.3. The Morgan fingerprint density at radius 1 is 1.26 bits per heavy atom. The molecular weight excluding hydrogens is 306 g/mol. The molecule has 0 radical (unpaired) electrons. The summed E-state index contributed by atoms with van der Waals surface area (Å²) in [5.74, 6) is 1.15. The van der Waals surface area contributed by atoms with Crippen molar-refractivity contribution in [3.05, 3.63) is 48.0 Å². The van der Waals surface area contributed by atoms with Crippen LogP contribution in [0.4, 0.5) is 0 Å². The first-order valence-electron chi connectivity index (χ1n) is 8.13. The molecular formula is C19H23NO2S. The average Bonchev–Trinajstić information content (AvgIpc) is 2.60. The molecule has 3 rings (SSSR count). The molecule has 0 N–H and O–H groups in total. The van der Waals surface area contributed by atoms with Gasteiger partial charge in [0, 0.05) is 31.7 Å². The van der Waals surface area contributed by atoms with Crippen LogP contribution in [0.1, 0.15) is 12.0 Å². The molecule has 1 heterocycles. The minimum atomic E-state index is 0.0905. The topological polar surface area (TPSA) is 29.5 Å². The second-order valence-corrected chi connectivity index (χ2v) is 6.90. The van der Waals surface area contributed by atoms with Crippen molar-refractivity contribution in [3.63, 3.8) is 0 Å². The average molecular weight is 329 g/mol. The van der Waals surface area contributed by atoms with E-state index in [9.17, 15) is 4.79 Å². The summed E-state index contributed by atoms with van der Waals surface area (Å²) in [5, 5.41) is 2.54. The van der Waals surface area contributed by atoms with E-state index in [1.54, 1.807) is 11.8 Å². The summed E-state index contributed by atoms with van der Waals surface area (Å²) in [4.78, 5) is 14.2. The van der Waals surface area contributed by atoms with E-state index >= 15 is 0 Å². The van der Waals surface area contributed by atoms with Gasteiger partial charge in [-0.25, -0.2) is 0 Å². The van der Waals surface area contributed by atoms with Gasteiger partial charge in [0.1, 0.15) is 0 Å². The zero-order chi connectivity index (χ0) is 16.1. The van der Waals surface area contributed by atoms with E-state index in [0.717, 1.165) is 18.7 Å². The number of hydrogen-bond acceptors (Lipinski definition) is 3. The molecule has 3 nitrogen and oxygen atoms in total. The number of ether oxygens (including phenoxy) is 1. The summed E-state index contributed by atoms with van der Waals surface area (Å²) in [5.41, 5.74) is 1.30. The number of nitrogens with zero attached hydrogens (tertiary/aromatic N) is 1. The molecule has 0 aromatic heterocycles. The first kappa shape index (κ1) is 16.3. The number of rotatable bonds is 5. The second-order valence-electron chi connectivity index (χ2n) is 5.92. The van der Waals surface area contributed by atoms with Crippen molar-refractivity contribution in [1.29, 1.82) is 0 Å². The van der Waals surface area contributed by atoms with E-state index in [1.807, 2.05) is 11.2 Å². The van der Waals surface area contributed by atoms with Crippen LogP contribution < -0.4 is 0 Å². The molecule has 1 unspecified atom stereocenters. The Labute approximate surface area is 142 Å². The summed E-state index contributed by atoms with van der Waals surface area (Å²) >= 11 is 1.72. The van der Waals surface area contributed by atoms with Gasteiger partial charge < -0.3 is 9.64 Å². The Balaban J connectivity index is 1.68. The molecule has 0 saturated carbocycles. The quantitative estimate of drug-likeness (QED) is 0.842. The Kier molecular flexibility index (Phi) is 5.57. The number of carbonyl (C=O) groups excluding carboxylic acids is 1. The number of hydrogen-bond donors (Lipinski definition) is 0. The molecule has 23 heavy (non-hydrogen) atoms. The summed E-state index contributed by atoms with van der Waals surface area (Å²) in [6.07, 6.45) is 3.61. The highest BCUT2D eigenvalue weighted by atomic mass is 32.2. The van der Waals surface area contributed by atoms with Gasteiger partial charge in [-0.2, -0.15) is 11.8 Å². The van der Waals surface area contributed by atoms with Gasteiger partial charge in [0.2, 0.25) is 5.91 Å². The van der Waals surface area contributed by atoms with Crippen molar-refractivity contribution in [2.75, 3.05) is 31.7 Å². The number of benzene rings is 2. The second kappa shape index (κ2) is 7.84. The van der Waals surface area contributed by atoms with Crippen molar-refractivity contribution >= 4 is 28.4 Å². The molecule has 2 aromatic rings. The highest BCUT2D eigenvalue weighted by molar-refractivity contribution is 7.98. The van der Waals surface area contributed by atoms with Crippen LogP contribution in [0, 0.1) is 0 Å². The van der Waals surface area contributed by atoms with Crippen LogP contribution in [-0.2, 0) is 16.0 Å². The molecule has 1 amide bonds. The number of morpholine rings is 1. The van der Waals surface area contributed by atoms with Gasteiger partial charge >= 0.3 is 0 Å². The van der Waals surface area contributed by atoms with Crippen molar-refractivity contribution < 1.29 is 9.53 Å². The van der Waals surface area contributed by atoms with Crippen molar-refractivity contribution in [2.24, 2.45) is 0 Å². The van der Waals surface area contributed by atoms with Crippen molar-refractivity contribution in [2.45, 2.75) is 18.9 Å². The normalized spacial score (nSPS) is 18.3. The first-order valence-corrected chi connectivity index (χ1v) is 9.52. The summed E-state index contributed by atoms with van der Waals surface area (Å²) in [7, 11) is 0. The maximum absolute atomic E-state index is 12.2. The van der Waals surface area contributed by atoms with Gasteiger partial charge in [-0.05, 0) is 22.6 Å². The lowest BCUT2D eigenvalue weighted by atomic mass is 9.99. The van der Waals surface area contributed by atoms with E-state index in [0.29, 0.717) is 19.6 Å². The monoisotopic (exact) mass is 329 g/mol. The first-order chi connectivity index (χ1) is 11.3. The molecule has 122 valence electrons. The SMILES string of the molecule is CSCCC(=O)N1CCOC(Cc2cccc3ccccc23)C1. The van der Waals surface area contributed by atoms with E-state index < -0.39 is 0 Å². The molecule has 1 aliphatic heterocycles. The lowest BCUT2D eigenvalue weighted by molar-refractivity contribution is -0.138. The van der Waals surface area contributed by atoms with Gasteiger partial charge in [0.05, 0.1) is 12.7 Å². The molecule has 2 aromatic carbocycles. The zero-order valence-electron chi connectivity index (χ0n) is 13.5. The van der Waals surface area contributed by atoms with E-state index in [1.165, 1.54) is 16.3 Å². The molecule has 1 aliphatic rings. The third kappa shape index (κ3) is 4.06. The van der Waals surface area contributed by atoms with Crippen LogP contribution in [0.25, 0.3) is 10.8 Å². The predicted molar refractivity (Wildman–Crippen MR) is 97.0 cm³/mol. The smallest absolute Gasteiger partial charge is 0.223 e. The van der Waals surface area contributed by atoms with E-state index in [-0.39, 0.29) is 12.0 Å². The fourth-order valence-electron chi connectivity index (χ4n) is 3.13. The number of fused-ring (bicyclic) bond motifs is 1. The summed E-state index contributed by atoms with van der Waals surface area (Å²) < 4.78 is 5.92. The highest BCUT2D eigenvalue weighted by Crippen LogP contribution is 2.21. The summed E-state index contributed by atoms with van der Waals surface area (Å²) in [6, 6.07) is 14.8. The van der Waals surface area contributed by atoms with Crippen LogP contribution in [0.3, 0.4) is 0 Å². The van der Waals surface area contributed by atoms with Crippen molar-refractivity contribution in [1.82, 2.24) is 4.90 Å². The largest absolute Gasteiger partial charge is 0.374 e. The molecule has 1 saturated heterocycles.